The molecule has 0 bridgehead atoms. The molecule has 7 heteroatoms. The molecule has 1 saturated carbocycles. The van der Waals surface area contributed by atoms with Crippen LogP contribution >= 0.6 is 0 Å². The van der Waals surface area contributed by atoms with Crippen molar-refractivity contribution in [3.8, 4) is 0 Å². The van der Waals surface area contributed by atoms with Crippen LogP contribution in [0.1, 0.15) is 24.0 Å². The van der Waals surface area contributed by atoms with Gasteiger partial charge in [0.15, 0.2) is 0 Å². The zero-order valence-corrected chi connectivity index (χ0v) is 16.3. The van der Waals surface area contributed by atoms with E-state index in [0.29, 0.717) is 45.0 Å². The van der Waals surface area contributed by atoms with Crippen molar-refractivity contribution in [1.29, 1.82) is 0 Å². The van der Waals surface area contributed by atoms with Crippen LogP contribution in [0.4, 0.5) is 11.6 Å². The number of hydrogen-bond acceptors (Lipinski definition) is 5. The monoisotopic (exact) mass is 379 g/mol. The number of rotatable bonds is 4. The lowest BCUT2D eigenvalue weighted by atomic mass is 10.0. The van der Waals surface area contributed by atoms with E-state index in [9.17, 15) is 9.59 Å². The molecule has 2 aliphatic rings. The van der Waals surface area contributed by atoms with Crippen LogP contribution in [0, 0.1) is 19.3 Å². The molecule has 2 aromatic rings. The molecular formula is C21H25N5O2. The summed E-state index contributed by atoms with van der Waals surface area (Å²) in [4.78, 5) is 38.5. The lowest BCUT2D eigenvalue weighted by molar-refractivity contribution is -0.142. The van der Waals surface area contributed by atoms with E-state index in [4.69, 9.17) is 0 Å². The second-order valence-corrected chi connectivity index (χ2v) is 7.61. The first-order valence-corrected chi connectivity index (χ1v) is 9.70. The predicted octanol–water partition coefficient (Wildman–Crippen LogP) is 2.16. The quantitative estimate of drug-likeness (QED) is 0.824. The molecule has 1 aromatic carbocycles. The number of nitrogens with one attached hydrogen (secondary N) is 1. The molecule has 1 aromatic heterocycles. The van der Waals surface area contributed by atoms with Gasteiger partial charge in [-0.05, 0) is 49.9 Å². The molecule has 0 atom stereocenters. The standard InChI is InChI=1S/C21H25N5O2/c1-15-5-3-6-17(16(15)2)24-18(27)21(7-8-21)19(28)25-11-13-26(14-12-25)20-22-9-4-10-23-20/h3-6,9-10H,7-8,11-14H2,1-2H3,(H,24,27). The van der Waals surface area contributed by atoms with E-state index in [-0.39, 0.29) is 11.8 Å². The Kier molecular flexibility index (Phi) is 4.75. The number of hydrogen-bond donors (Lipinski definition) is 1. The Hall–Kier alpha value is -2.96. The van der Waals surface area contributed by atoms with Crippen molar-refractivity contribution in [2.45, 2.75) is 26.7 Å². The van der Waals surface area contributed by atoms with Gasteiger partial charge in [-0.3, -0.25) is 9.59 Å². The zero-order valence-electron chi connectivity index (χ0n) is 16.3. The normalized spacial score (nSPS) is 17.9. The van der Waals surface area contributed by atoms with Gasteiger partial charge in [-0.15, -0.1) is 0 Å². The molecule has 2 heterocycles. The minimum atomic E-state index is -0.901. The van der Waals surface area contributed by atoms with Gasteiger partial charge in [-0.2, -0.15) is 0 Å². The number of benzene rings is 1. The molecule has 1 aliphatic carbocycles. The number of carbonyl (C=O) groups excluding carboxylic acids is 2. The molecule has 1 saturated heterocycles. The third kappa shape index (κ3) is 3.32. The first-order valence-electron chi connectivity index (χ1n) is 9.70. The van der Waals surface area contributed by atoms with Crippen molar-refractivity contribution in [1.82, 2.24) is 14.9 Å². The second kappa shape index (κ2) is 7.22. The van der Waals surface area contributed by atoms with Crippen LogP contribution in [-0.2, 0) is 9.59 Å². The van der Waals surface area contributed by atoms with Gasteiger partial charge in [0.25, 0.3) is 0 Å². The maximum atomic E-state index is 13.1. The Balaban J connectivity index is 1.40. The lowest BCUT2D eigenvalue weighted by Crippen LogP contribution is -2.53. The van der Waals surface area contributed by atoms with Gasteiger partial charge in [0, 0.05) is 44.3 Å². The van der Waals surface area contributed by atoms with Crippen molar-refractivity contribution in [3.05, 3.63) is 47.8 Å². The number of aryl methyl sites for hydroxylation is 1. The van der Waals surface area contributed by atoms with Gasteiger partial charge in [0.05, 0.1) is 0 Å². The Morgan fingerprint density at radius 2 is 1.68 bits per heavy atom. The van der Waals surface area contributed by atoms with E-state index < -0.39 is 5.41 Å². The Labute approximate surface area is 164 Å². The van der Waals surface area contributed by atoms with Crippen LogP contribution in [-0.4, -0.2) is 52.9 Å². The summed E-state index contributed by atoms with van der Waals surface area (Å²) in [6, 6.07) is 7.61. The van der Waals surface area contributed by atoms with Crippen molar-refractivity contribution < 1.29 is 9.59 Å². The van der Waals surface area contributed by atoms with Crippen LogP contribution in [0.3, 0.4) is 0 Å². The fourth-order valence-electron chi connectivity index (χ4n) is 3.66. The average Bonchev–Trinajstić information content (AvgIpc) is 3.54. The highest BCUT2D eigenvalue weighted by Crippen LogP contribution is 2.48. The summed E-state index contributed by atoms with van der Waals surface area (Å²) in [5.41, 5.74) is 2.04. The molecule has 1 N–H and O–H groups in total. The van der Waals surface area contributed by atoms with E-state index in [1.165, 1.54) is 0 Å². The fraction of sp³-hybridized carbons (Fsp3) is 0.429. The SMILES string of the molecule is Cc1cccc(NC(=O)C2(C(=O)N3CCN(c4ncccn4)CC3)CC2)c1C. The maximum absolute atomic E-state index is 13.1. The second-order valence-electron chi connectivity index (χ2n) is 7.61. The molecule has 1 aliphatic heterocycles. The number of aromatic nitrogens is 2. The Bertz CT molecular complexity index is 887. The first kappa shape index (κ1) is 18.4. The topological polar surface area (TPSA) is 78.4 Å². The van der Waals surface area contributed by atoms with Crippen LogP contribution in [0.5, 0.6) is 0 Å². The Morgan fingerprint density at radius 3 is 2.32 bits per heavy atom. The fourth-order valence-corrected chi connectivity index (χ4v) is 3.66. The van der Waals surface area contributed by atoms with Gasteiger partial charge in [-0.1, -0.05) is 12.1 Å². The van der Waals surface area contributed by atoms with Gasteiger partial charge >= 0.3 is 0 Å². The molecule has 0 radical (unpaired) electrons. The third-order valence-electron chi connectivity index (χ3n) is 5.85. The number of amides is 2. The molecule has 0 spiro atoms. The molecule has 146 valence electrons. The number of anilines is 2. The summed E-state index contributed by atoms with van der Waals surface area (Å²) in [5.74, 6) is 0.451. The van der Waals surface area contributed by atoms with E-state index in [1.54, 1.807) is 18.5 Å². The van der Waals surface area contributed by atoms with E-state index in [2.05, 4.69) is 20.2 Å². The first-order chi connectivity index (χ1) is 13.5. The Morgan fingerprint density at radius 1 is 1.00 bits per heavy atom. The highest BCUT2D eigenvalue weighted by Gasteiger charge is 2.58. The molecule has 7 nitrogen and oxygen atoms in total. The third-order valence-corrected chi connectivity index (χ3v) is 5.85. The highest BCUT2D eigenvalue weighted by molar-refractivity contribution is 6.13. The van der Waals surface area contributed by atoms with Crippen molar-refractivity contribution >= 4 is 23.5 Å². The van der Waals surface area contributed by atoms with E-state index in [0.717, 1.165) is 16.8 Å². The molecule has 2 amide bonds. The molecule has 2 fully saturated rings. The van der Waals surface area contributed by atoms with E-state index in [1.807, 2.05) is 36.9 Å². The minimum absolute atomic E-state index is 0.0519. The number of carbonyl (C=O) groups is 2. The molecule has 28 heavy (non-hydrogen) atoms. The predicted molar refractivity (Wildman–Crippen MR) is 107 cm³/mol. The van der Waals surface area contributed by atoms with Crippen molar-refractivity contribution in [2.75, 3.05) is 36.4 Å². The van der Waals surface area contributed by atoms with Gasteiger partial charge in [0.2, 0.25) is 17.8 Å². The summed E-state index contributed by atoms with van der Waals surface area (Å²) in [6.45, 7) is 6.50. The van der Waals surface area contributed by atoms with Crippen LogP contribution < -0.4 is 10.2 Å². The van der Waals surface area contributed by atoms with Crippen LogP contribution in [0.2, 0.25) is 0 Å². The summed E-state index contributed by atoms with van der Waals surface area (Å²) >= 11 is 0. The lowest BCUT2D eigenvalue weighted by Gasteiger charge is -2.36. The largest absolute Gasteiger partial charge is 0.338 e. The maximum Gasteiger partial charge on any atom is 0.240 e. The van der Waals surface area contributed by atoms with Crippen molar-refractivity contribution in [3.63, 3.8) is 0 Å². The zero-order chi connectivity index (χ0) is 19.7. The average molecular weight is 379 g/mol. The van der Waals surface area contributed by atoms with Crippen molar-refractivity contribution in [2.24, 2.45) is 5.41 Å². The van der Waals surface area contributed by atoms with Gasteiger partial charge < -0.3 is 15.1 Å². The molecular weight excluding hydrogens is 354 g/mol. The molecule has 4 rings (SSSR count). The number of piperazine rings is 1. The van der Waals surface area contributed by atoms with Gasteiger partial charge in [0.1, 0.15) is 5.41 Å². The van der Waals surface area contributed by atoms with Crippen LogP contribution in [0.15, 0.2) is 36.7 Å². The summed E-state index contributed by atoms with van der Waals surface area (Å²) in [5, 5.41) is 2.99. The molecule has 0 unspecified atom stereocenters. The smallest absolute Gasteiger partial charge is 0.240 e. The van der Waals surface area contributed by atoms with Crippen LogP contribution in [0.25, 0.3) is 0 Å². The number of nitrogens with zero attached hydrogens (tertiary/aromatic N) is 4. The summed E-state index contributed by atoms with van der Waals surface area (Å²) in [7, 11) is 0. The van der Waals surface area contributed by atoms with E-state index >= 15 is 0 Å². The minimum Gasteiger partial charge on any atom is -0.338 e. The van der Waals surface area contributed by atoms with Gasteiger partial charge in [-0.25, -0.2) is 9.97 Å². The highest BCUT2D eigenvalue weighted by atomic mass is 16.2. The summed E-state index contributed by atoms with van der Waals surface area (Å²) in [6.07, 6.45) is 4.67. The summed E-state index contributed by atoms with van der Waals surface area (Å²) < 4.78 is 0.